The molecule has 0 unspecified atom stereocenters. The molecule has 3 atom stereocenters. The van der Waals surface area contributed by atoms with Crippen molar-refractivity contribution in [1.82, 2.24) is 14.5 Å². The van der Waals surface area contributed by atoms with E-state index in [0.717, 1.165) is 10.9 Å². The van der Waals surface area contributed by atoms with Crippen LogP contribution in [0.25, 0.3) is 10.9 Å². The molecule has 2 aromatic heterocycles. The zero-order valence-corrected chi connectivity index (χ0v) is 17.9. The molecule has 10 heteroatoms. The van der Waals surface area contributed by atoms with Crippen molar-refractivity contribution < 1.29 is 14.4 Å². The first kappa shape index (κ1) is 19.6. The number of primary amides is 1. The predicted octanol–water partition coefficient (Wildman–Crippen LogP) is 3.36. The number of aromatic nitrogens is 2. The molecular formula is C21H19BrN6O3. The largest absolute Gasteiger partial charge is 0.351 e. The molecular weight excluding hydrogens is 464 g/mol. The Kier molecular flexibility index (Phi) is 4.66. The average molecular weight is 483 g/mol. The number of para-hydroxylation sites is 1. The lowest BCUT2D eigenvalue weighted by molar-refractivity contribution is -0.120. The van der Waals surface area contributed by atoms with Gasteiger partial charge in [-0.05, 0) is 46.8 Å². The van der Waals surface area contributed by atoms with Gasteiger partial charge in [0.05, 0.1) is 23.1 Å². The average Bonchev–Trinajstić information content (AvgIpc) is 3.24. The van der Waals surface area contributed by atoms with Gasteiger partial charge in [0.25, 0.3) is 0 Å². The molecule has 1 saturated heterocycles. The third-order valence-electron chi connectivity index (χ3n) is 5.80. The van der Waals surface area contributed by atoms with E-state index >= 15 is 0 Å². The van der Waals surface area contributed by atoms with Gasteiger partial charge in [-0.25, -0.2) is 9.59 Å². The van der Waals surface area contributed by atoms with Gasteiger partial charge in [0.1, 0.15) is 6.04 Å². The Bertz CT molecular complexity index is 1220. The number of urea groups is 1. The summed E-state index contributed by atoms with van der Waals surface area (Å²) in [6, 6.07) is 7.38. The Morgan fingerprint density at radius 2 is 1.94 bits per heavy atom. The van der Waals surface area contributed by atoms with Crippen LogP contribution in [-0.4, -0.2) is 44.5 Å². The molecule has 1 aliphatic carbocycles. The molecule has 4 N–H and O–H groups in total. The van der Waals surface area contributed by atoms with Crippen LogP contribution in [0.1, 0.15) is 12.8 Å². The molecule has 3 heterocycles. The van der Waals surface area contributed by atoms with Crippen molar-refractivity contribution in [1.29, 1.82) is 0 Å². The standard InChI is InChI=1S/C21H19BrN6O3/c22-12-7-13(9-24-8-12)25-19(29)18-6-11-5-17(11)28(18)21(31)26-15-10-27(20(23)30)16-4-2-1-3-14(15)16/h1-4,7-11,17-18H,5-6H2,(H2,23,30)(H,25,29)(H,26,31)/t11-,17-,18+/m1/s1. The van der Waals surface area contributed by atoms with Crippen LogP contribution in [-0.2, 0) is 4.79 Å². The molecule has 4 amide bonds. The van der Waals surface area contributed by atoms with Crippen LogP contribution in [0.2, 0.25) is 0 Å². The lowest BCUT2D eigenvalue weighted by Crippen LogP contribution is -2.47. The minimum atomic E-state index is -0.639. The Morgan fingerprint density at radius 3 is 2.71 bits per heavy atom. The number of piperidine rings is 1. The molecule has 2 aliphatic rings. The summed E-state index contributed by atoms with van der Waals surface area (Å²) in [5.41, 5.74) is 7.10. The summed E-state index contributed by atoms with van der Waals surface area (Å²) < 4.78 is 2.04. The second kappa shape index (κ2) is 7.38. The molecule has 158 valence electrons. The molecule has 3 aromatic rings. The highest BCUT2D eigenvalue weighted by molar-refractivity contribution is 9.10. The number of benzene rings is 1. The third-order valence-corrected chi connectivity index (χ3v) is 6.24. The SMILES string of the molecule is NC(=O)n1cc(NC(=O)N2[C@@H]3C[C@@H]3C[C@H]2C(=O)Nc2cncc(Br)c2)c2ccccc21. The van der Waals surface area contributed by atoms with E-state index in [1.54, 1.807) is 41.6 Å². The second-order valence-corrected chi connectivity index (χ2v) is 8.72. The first-order chi connectivity index (χ1) is 14.9. The van der Waals surface area contributed by atoms with Crippen LogP contribution in [0.5, 0.6) is 0 Å². The van der Waals surface area contributed by atoms with E-state index in [2.05, 4.69) is 31.5 Å². The van der Waals surface area contributed by atoms with Gasteiger partial charge >= 0.3 is 12.1 Å². The van der Waals surface area contributed by atoms with Crippen molar-refractivity contribution in [2.75, 3.05) is 10.6 Å². The number of nitrogens with zero attached hydrogens (tertiary/aromatic N) is 3. The maximum atomic E-state index is 13.2. The summed E-state index contributed by atoms with van der Waals surface area (Å²) in [7, 11) is 0. The number of hydrogen-bond acceptors (Lipinski definition) is 4. The normalized spacial score (nSPS) is 21.6. The number of nitrogens with two attached hydrogens (primary N) is 1. The van der Waals surface area contributed by atoms with Crippen molar-refractivity contribution >= 4 is 56.2 Å². The fraction of sp³-hybridized carbons (Fsp3) is 0.238. The Morgan fingerprint density at radius 1 is 1.13 bits per heavy atom. The minimum Gasteiger partial charge on any atom is -0.351 e. The number of amides is 4. The Hall–Kier alpha value is -3.40. The van der Waals surface area contributed by atoms with Gasteiger partial charge in [0.15, 0.2) is 0 Å². The first-order valence-corrected chi connectivity index (χ1v) is 10.6. The fourth-order valence-corrected chi connectivity index (χ4v) is 4.69. The minimum absolute atomic E-state index is 0.0425. The highest BCUT2D eigenvalue weighted by Crippen LogP contribution is 2.48. The number of nitrogens with one attached hydrogen (secondary N) is 2. The first-order valence-electron chi connectivity index (χ1n) is 9.83. The third kappa shape index (κ3) is 3.52. The molecule has 5 rings (SSSR count). The number of likely N-dealkylation sites (tertiary alicyclic amines) is 1. The maximum Gasteiger partial charge on any atom is 0.323 e. The number of rotatable bonds is 3. The lowest BCUT2D eigenvalue weighted by atomic mass is 10.1. The van der Waals surface area contributed by atoms with E-state index in [1.807, 2.05) is 6.07 Å². The van der Waals surface area contributed by atoms with Crippen LogP contribution in [0.3, 0.4) is 0 Å². The van der Waals surface area contributed by atoms with Crippen LogP contribution in [0.15, 0.2) is 53.4 Å². The number of fused-ring (bicyclic) bond motifs is 2. The number of hydrogen-bond donors (Lipinski definition) is 3. The highest BCUT2D eigenvalue weighted by atomic mass is 79.9. The molecule has 9 nitrogen and oxygen atoms in total. The van der Waals surface area contributed by atoms with E-state index in [4.69, 9.17) is 5.73 Å². The van der Waals surface area contributed by atoms with Crippen LogP contribution < -0.4 is 16.4 Å². The van der Waals surface area contributed by atoms with Gasteiger partial charge < -0.3 is 21.3 Å². The van der Waals surface area contributed by atoms with Gasteiger partial charge in [-0.2, -0.15) is 0 Å². The van der Waals surface area contributed by atoms with Crippen LogP contribution in [0, 0.1) is 5.92 Å². The van der Waals surface area contributed by atoms with Crippen LogP contribution in [0.4, 0.5) is 21.0 Å². The summed E-state index contributed by atoms with van der Waals surface area (Å²) in [5.74, 6) is 0.0795. The molecule has 0 bridgehead atoms. The Balaban J connectivity index is 1.38. The van der Waals surface area contributed by atoms with Crippen molar-refractivity contribution in [2.45, 2.75) is 24.9 Å². The van der Waals surface area contributed by atoms with E-state index in [0.29, 0.717) is 34.6 Å². The molecule has 31 heavy (non-hydrogen) atoms. The summed E-state index contributed by atoms with van der Waals surface area (Å²) in [4.78, 5) is 43.5. The highest BCUT2D eigenvalue weighted by Gasteiger charge is 2.56. The number of halogens is 1. The number of carbonyl (C=O) groups is 3. The molecule has 0 spiro atoms. The smallest absolute Gasteiger partial charge is 0.323 e. The topological polar surface area (TPSA) is 122 Å². The molecule has 1 aromatic carbocycles. The van der Waals surface area contributed by atoms with Crippen molar-refractivity contribution in [3.8, 4) is 0 Å². The van der Waals surface area contributed by atoms with E-state index < -0.39 is 12.1 Å². The monoisotopic (exact) mass is 482 g/mol. The quantitative estimate of drug-likeness (QED) is 0.529. The number of pyridine rings is 1. The van der Waals surface area contributed by atoms with Crippen molar-refractivity contribution in [3.05, 3.63) is 53.4 Å². The van der Waals surface area contributed by atoms with E-state index in [-0.39, 0.29) is 18.0 Å². The summed E-state index contributed by atoms with van der Waals surface area (Å²) >= 11 is 3.33. The summed E-state index contributed by atoms with van der Waals surface area (Å²) in [6.45, 7) is 0. The van der Waals surface area contributed by atoms with Gasteiger partial charge in [0, 0.05) is 28.3 Å². The molecule has 2 fully saturated rings. The Labute approximate surface area is 185 Å². The summed E-state index contributed by atoms with van der Waals surface area (Å²) in [5, 5.41) is 6.42. The van der Waals surface area contributed by atoms with Gasteiger partial charge in [0.2, 0.25) is 5.91 Å². The lowest BCUT2D eigenvalue weighted by Gasteiger charge is -2.27. The summed E-state index contributed by atoms with van der Waals surface area (Å²) in [6.07, 6.45) is 6.20. The van der Waals surface area contributed by atoms with Crippen molar-refractivity contribution in [3.63, 3.8) is 0 Å². The van der Waals surface area contributed by atoms with Gasteiger partial charge in [-0.15, -0.1) is 0 Å². The predicted molar refractivity (Wildman–Crippen MR) is 119 cm³/mol. The number of carbonyl (C=O) groups excluding carboxylic acids is 3. The van der Waals surface area contributed by atoms with Gasteiger partial charge in [-0.1, -0.05) is 18.2 Å². The van der Waals surface area contributed by atoms with Gasteiger partial charge in [-0.3, -0.25) is 14.3 Å². The zero-order chi connectivity index (χ0) is 21.7. The second-order valence-electron chi connectivity index (χ2n) is 7.80. The maximum absolute atomic E-state index is 13.2. The van der Waals surface area contributed by atoms with Crippen LogP contribution >= 0.6 is 15.9 Å². The van der Waals surface area contributed by atoms with E-state index in [1.165, 1.54) is 10.8 Å². The molecule has 0 radical (unpaired) electrons. The van der Waals surface area contributed by atoms with Crippen molar-refractivity contribution in [2.24, 2.45) is 11.7 Å². The molecule has 1 saturated carbocycles. The van der Waals surface area contributed by atoms with E-state index in [9.17, 15) is 14.4 Å². The fourth-order valence-electron chi connectivity index (χ4n) is 4.33. The number of anilines is 2. The molecule has 1 aliphatic heterocycles. The zero-order valence-electron chi connectivity index (χ0n) is 16.3.